The number of hydrogen-bond acceptors (Lipinski definition) is 4. The van der Waals surface area contributed by atoms with Crippen LogP contribution in [0, 0.1) is 11.3 Å². The number of anilines is 1. The van der Waals surface area contributed by atoms with Gasteiger partial charge in [-0.15, -0.1) is 0 Å². The molecule has 1 saturated carbocycles. The summed E-state index contributed by atoms with van der Waals surface area (Å²) in [4.78, 5) is 12.8. The minimum absolute atomic E-state index is 0.0767. The fourth-order valence-corrected chi connectivity index (χ4v) is 3.95. The highest BCUT2D eigenvalue weighted by atomic mass is 16.5. The molecule has 3 rings (SSSR count). The second-order valence-electron chi connectivity index (χ2n) is 6.81. The average Bonchev–Trinajstić information content (AvgIpc) is 2.54. The molecule has 5 nitrogen and oxygen atoms in total. The van der Waals surface area contributed by atoms with Crippen LogP contribution in [0.15, 0.2) is 24.3 Å². The summed E-state index contributed by atoms with van der Waals surface area (Å²) in [6, 6.07) is 7.27. The molecule has 1 aromatic carbocycles. The molecule has 1 amide bonds. The molecule has 0 spiro atoms. The zero-order valence-corrected chi connectivity index (χ0v) is 13.4. The van der Waals surface area contributed by atoms with Crippen LogP contribution in [0.25, 0.3) is 0 Å². The third kappa shape index (κ3) is 2.03. The summed E-state index contributed by atoms with van der Waals surface area (Å²) < 4.78 is 11.0. The van der Waals surface area contributed by atoms with Gasteiger partial charge in [-0.1, -0.05) is 13.8 Å². The summed E-state index contributed by atoms with van der Waals surface area (Å²) in [5.41, 5.74) is 6.04. The van der Waals surface area contributed by atoms with E-state index in [0.717, 1.165) is 30.9 Å². The molecular formula is C17H24N2O3. The topological polar surface area (TPSA) is 73.6 Å². The van der Waals surface area contributed by atoms with Gasteiger partial charge in [0.05, 0.1) is 13.2 Å². The quantitative estimate of drug-likeness (QED) is 0.897. The monoisotopic (exact) mass is 304 g/mol. The van der Waals surface area contributed by atoms with Crippen LogP contribution < -0.4 is 15.8 Å². The summed E-state index contributed by atoms with van der Waals surface area (Å²) in [6.07, 6.45) is 1.99. The van der Waals surface area contributed by atoms with Gasteiger partial charge in [0.15, 0.2) is 0 Å². The molecule has 5 heteroatoms. The molecule has 3 unspecified atom stereocenters. The Morgan fingerprint density at radius 2 is 2.05 bits per heavy atom. The second kappa shape index (κ2) is 5.25. The van der Waals surface area contributed by atoms with Gasteiger partial charge < -0.3 is 20.5 Å². The van der Waals surface area contributed by atoms with Gasteiger partial charge in [-0.2, -0.15) is 0 Å². The van der Waals surface area contributed by atoms with E-state index in [4.69, 9.17) is 15.2 Å². The molecule has 3 N–H and O–H groups in total. The van der Waals surface area contributed by atoms with Crippen molar-refractivity contribution in [3.63, 3.8) is 0 Å². The molecule has 0 aromatic heterocycles. The molecular weight excluding hydrogens is 280 g/mol. The van der Waals surface area contributed by atoms with Crippen molar-refractivity contribution in [1.82, 2.24) is 0 Å². The minimum Gasteiger partial charge on any atom is -0.497 e. The van der Waals surface area contributed by atoms with Gasteiger partial charge in [-0.3, -0.25) is 4.79 Å². The Hall–Kier alpha value is -1.59. The molecule has 1 aliphatic carbocycles. The highest BCUT2D eigenvalue weighted by Crippen LogP contribution is 2.57. The Labute approximate surface area is 131 Å². The SMILES string of the molecule is COc1ccc(NC(=O)C2(N)C3CCCOC3C2(C)C)cc1. The van der Waals surface area contributed by atoms with Crippen molar-refractivity contribution in [2.45, 2.75) is 38.3 Å². The van der Waals surface area contributed by atoms with Crippen molar-refractivity contribution in [1.29, 1.82) is 0 Å². The molecule has 120 valence electrons. The second-order valence-corrected chi connectivity index (χ2v) is 6.81. The molecule has 0 bridgehead atoms. The summed E-state index contributed by atoms with van der Waals surface area (Å²) in [7, 11) is 1.61. The maximum Gasteiger partial charge on any atom is 0.245 e. The Morgan fingerprint density at radius 1 is 1.36 bits per heavy atom. The van der Waals surface area contributed by atoms with Crippen LogP contribution >= 0.6 is 0 Å². The maximum atomic E-state index is 12.8. The van der Waals surface area contributed by atoms with Crippen molar-refractivity contribution >= 4 is 11.6 Å². The van der Waals surface area contributed by atoms with Crippen LogP contribution in [-0.2, 0) is 9.53 Å². The number of fused-ring (bicyclic) bond motifs is 1. The van der Waals surface area contributed by atoms with E-state index >= 15 is 0 Å². The van der Waals surface area contributed by atoms with E-state index < -0.39 is 5.54 Å². The normalized spacial score (nSPS) is 32.5. The fraction of sp³-hybridized carbons (Fsp3) is 0.588. The predicted octanol–water partition coefficient (Wildman–Crippen LogP) is 2.17. The number of benzene rings is 1. The number of amides is 1. The first-order valence-corrected chi connectivity index (χ1v) is 7.77. The van der Waals surface area contributed by atoms with Gasteiger partial charge in [0.25, 0.3) is 0 Å². The van der Waals surface area contributed by atoms with E-state index in [-0.39, 0.29) is 23.3 Å². The summed E-state index contributed by atoms with van der Waals surface area (Å²) in [5.74, 6) is 0.717. The zero-order chi connectivity index (χ0) is 16.0. The number of carbonyl (C=O) groups is 1. The lowest BCUT2D eigenvalue weighted by Gasteiger charge is -2.65. The van der Waals surface area contributed by atoms with E-state index in [1.54, 1.807) is 7.11 Å². The Kier molecular flexibility index (Phi) is 3.65. The first-order valence-electron chi connectivity index (χ1n) is 7.77. The van der Waals surface area contributed by atoms with Gasteiger partial charge >= 0.3 is 0 Å². The molecule has 22 heavy (non-hydrogen) atoms. The van der Waals surface area contributed by atoms with Crippen LogP contribution in [0.1, 0.15) is 26.7 Å². The van der Waals surface area contributed by atoms with Crippen molar-refractivity contribution in [3.8, 4) is 5.75 Å². The number of carbonyl (C=O) groups excluding carboxylic acids is 1. The van der Waals surface area contributed by atoms with Gasteiger partial charge in [-0.25, -0.2) is 0 Å². The van der Waals surface area contributed by atoms with Gasteiger partial charge in [-0.05, 0) is 37.1 Å². The van der Waals surface area contributed by atoms with Crippen molar-refractivity contribution in [2.24, 2.45) is 17.1 Å². The van der Waals surface area contributed by atoms with E-state index in [1.165, 1.54) is 0 Å². The number of ether oxygens (including phenoxy) is 2. The lowest BCUT2D eigenvalue weighted by molar-refractivity contribution is -0.222. The van der Waals surface area contributed by atoms with Crippen molar-refractivity contribution < 1.29 is 14.3 Å². The standard InChI is InChI=1S/C17H24N2O3/c1-16(2)14-13(5-4-10-22-14)17(16,18)15(20)19-11-6-8-12(21-3)9-7-11/h6-9,13-14H,4-5,10,18H2,1-3H3,(H,19,20). The predicted molar refractivity (Wildman–Crippen MR) is 84.8 cm³/mol. The zero-order valence-electron chi connectivity index (χ0n) is 13.4. The number of nitrogens with one attached hydrogen (secondary N) is 1. The molecule has 1 aromatic rings. The number of methoxy groups -OCH3 is 1. The maximum absolute atomic E-state index is 12.8. The number of rotatable bonds is 3. The summed E-state index contributed by atoms with van der Waals surface area (Å²) in [5, 5.41) is 2.95. The van der Waals surface area contributed by atoms with E-state index in [1.807, 2.05) is 38.1 Å². The van der Waals surface area contributed by atoms with Crippen LogP contribution in [0.5, 0.6) is 5.75 Å². The van der Waals surface area contributed by atoms with E-state index in [0.29, 0.717) is 0 Å². The molecule has 2 aliphatic rings. The molecule has 1 saturated heterocycles. The molecule has 2 fully saturated rings. The minimum atomic E-state index is -0.891. The van der Waals surface area contributed by atoms with E-state index in [2.05, 4.69) is 5.32 Å². The average molecular weight is 304 g/mol. The molecule has 1 aliphatic heterocycles. The Bertz CT molecular complexity index is 570. The van der Waals surface area contributed by atoms with Crippen LogP contribution in [0.2, 0.25) is 0 Å². The van der Waals surface area contributed by atoms with Crippen LogP contribution in [0.4, 0.5) is 5.69 Å². The lowest BCUT2D eigenvalue weighted by Crippen LogP contribution is -2.81. The number of hydrogen-bond donors (Lipinski definition) is 2. The molecule has 3 atom stereocenters. The Balaban J connectivity index is 1.78. The first-order chi connectivity index (χ1) is 10.4. The summed E-state index contributed by atoms with van der Waals surface area (Å²) in [6.45, 7) is 4.81. The number of nitrogens with two attached hydrogens (primary N) is 1. The van der Waals surface area contributed by atoms with Gasteiger partial charge in [0, 0.05) is 23.6 Å². The Morgan fingerprint density at radius 3 is 2.68 bits per heavy atom. The van der Waals surface area contributed by atoms with Crippen molar-refractivity contribution in [2.75, 3.05) is 19.0 Å². The first kappa shape index (κ1) is 15.3. The lowest BCUT2D eigenvalue weighted by atomic mass is 9.46. The third-order valence-electron chi connectivity index (χ3n) is 5.41. The largest absolute Gasteiger partial charge is 0.497 e. The highest BCUT2D eigenvalue weighted by molar-refractivity contribution is 6.00. The molecule has 0 radical (unpaired) electrons. The fourth-order valence-electron chi connectivity index (χ4n) is 3.95. The van der Waals surface area contributed by atoms with Gasteiger partial charge in [0.1, 0.15) is 11.3 Å². The smallest absolute Gasteiger partial charge is 0.245 e. The highest BCUT2D eigenvalue weighted by Gasteiger charge is 2.70. The van der Waals surface area contributed by atoms with Gasteiger partial charge in [0.2, 0.25) is 5.91 Å². The molecule has 1 heterocycles. The summed E-state index contributed by atoms with van der Waals surface area (Å²) >= 11 is 0. The van der Waals surface area contributed by atoms with Crippen LogP contribution in [-0.4, -0.2) is 31.3 Å². The van der Waals surface area contributed by atoms with E-state index in [9.17, 15) is 4.79 Å². The third-order valence-corrected chi connectivity index (χ3v) is 5.41. The van der Waals surface area contributed by atoms with Crippen LogP contribution in [0.3, 0.4) is 0 Å². The van der Waals surface area contributed by atoms with Crippen molar-refractivity contribution in [3.05, 3.63) is 24.3 Å².